The monoisotopic (exact) mass is 307 g/mol. The summed E-state index contributed by atoms with van der Waals surface area (Å²) >= 11 is 0. The number of carbonyl (C=O) groups excluding carboxylic acids is 1. The Balaban J connectivity index is 2.04. The molecule has 0 unspecified atom stereocenters. The molecule has 3 rings (SSSR count). The number of halogens is 3. The highest BCUT2D eigenvalue weighted by Gasteiger charge is 2.40. The first-order valence-corrected chi connectivity index (χ1v) is 6.59. The number of pyridine rings is 1. The number of carbonyl (C=O) groups is 1. The SMILES string of the molecule is O=C1c2ccccc2N[C@@H](c2ccncc2)N1CC(F)(F)F. The molecule has 1 atom stereocenters. The van der Waals surface area contributed by atoms with Crippen LogP contribution in [0.25, 0.3) is 0 Å². The lowest BCUT2D eigenvalue weighted by Gasteiger charge is -2.38. The number of benzene rings is 1. The lowest BCUT2D eigenvalue weighted by molar-refractivity contribution is -0.144. The molecule has 0 radical (unpaired) electrons. The first kappa shape index (κ1) is 14.4. The van der Waals surface area contributed by atoms with E-state index in [0.717, 1.165) is 4.90 Å². The maximum absolute atomic E-state index is 12.8. The van der Waals surface area contributed by atoms with E-state index >= 15 is 0 Å². The van der Waals surface area contributed by atoms with Gasteiger partial charge in [0.15, 0.2) is 0 Å². The van der Waals surface area contributed by atoms with Crippen molar-refractivity contribution in [3.8, 4) is 0 Å². The number of fused-ring (bicyclic) bond motifs is 1. The van der Waals surface area contributed by atoms with E-state index in [2.05, 4.69) is 10.3 Å². The molecule has 2 aromatic rings. The summed E-state index contributed by atoms with van der Waals surface area (Å²) in [5.74, 6) is -0.645. The molecular formula is C15H12F3N3O. The molecule has 114 valence electrons. The quantitative estimate of drug-likeness (QED) is 0.926. The van der Waals surface area contributed by atoms with Crippen molar-refractivity contribution < 1.29 is 18.0 Å². The van der Waals surface area contributed by atoms with E-state index in [-0.39, 0.29) is 5.56 Å². The molecule has 0 saturated heterocycles. The van der Waals surface area contributed by atoms with Gasteiger partial charge in [0.25, 0.3) is 5.91 Å². The van der Waals surface area contributed by atoms with E-state index < -0.39 is 24.8 Å². The molecule has 0 spiro atoms. The smallest absolute Gasteiger partial charge is 0.361 e. The average molecular weight is 307 g/mol. The standard InChI is InChI=1S/C15H12F3N3O/c16-15(17,18)9-21-13(10-5-7-19-8-6-10)20-12-4-2-1-3-11(12)14(21)22/h1-8,13,20H,9H2/t13-/m1/s1. The summed E-state index contributed by atoms with van der Waals surface area (Å²) < 4.78 is 38.5. The van der Waals surface area contributed by atoms with Gasteiger partial charge in [0.05, 0.1) is 5.56 Å². The maximum Gasteiger partial charge on any atom is 0.406 e. The number of rotatable bonds is 2. The van der Waals surface area contributed by atoms with Crippen LogP contribution < -0.4 is 5.32 Å². The van der Waals surface area contributed by atoms with E-state index in [4.69, 9.17) is 0 Å². The third kappa shape index (κ3) is 2.74. The van der Waals surface area contributed by atoms with Crippen molar-refractivity contribution in [3.63, 3.8) is 0 Å². The average Bonchev–Trinajstić information content (AvgIpc) is 2.50. The normalized spacial score (nSPS) is 17.9. The highest BCUT2D eigenvalue weighted by atomic mass is 19.4. The van der Waals surface area contributed by atoms with Gasteiger partial charge in [0.2, 0.25) is 0 Å². The molecule has 1 N–H and O–H groups in total. The number of hydrogen-bond donors (Lipinski definition) is 1. The van der Waals surface area contributed by atoms with Crippen molar-refractivity contribution in [1.29, 1.82) is 0 Å². The fourth-order valence-corrected chi connectivity index (χ4v) is 2.46. The van der Waals surface area contributed by atoms with Gasteiger partial charge < -0.3 is 10.2 Å². The van der Waals surface area contributed by atoms with Gasteiger partial charge in [-0.1, -0.05) is 12.1 Å². The zero-order chi connectivity index (χ0) is 15.7. The lowest BCUT2D eigenvalue weighted by atomic mass is 10.0. The molecule has 7 heteroatoms. The van der Waals surface area contributed by atoms with E-state index in [1.54, 1.807) is 30.3 Å². The summed E-state index contributed by atoms with van der Waals surface area (Å²) in [7, 11) is 0. The van der Waals surface area contributed by atoms with Crippen molar-refractivity contribution in [2.24, 2.45) is 0 Å². The summed E-state index contributed by atoms with van der Waals surface area (Å²) in [6, 6.07) is 9.70. The third-order valence-electron chi connectivity index (χ3n) is 3.39. The maximum atomic E-state index is 12.8. The van der Waals surface area contributed by atoms with Gasteiger partial charge in [-0.25, -0.2) is 0 Å². The van der Waals surface area contributed by atoms with E-state index in [1.165, 1.54) is 18.5 Å². The van der Waals surface area contributed by atoms with Crippen LogP contribution in [0.1, 0.15) is 22.1 Å². The zero-order valence-corrected chi connectivity index (χ0v) is 11.3. The van der Waals surface area contributed by atoms with Crippen molar-refractivity contribution in [1.82, 2.24) is 9.88 Å². The fourth-order valence-electron chi connectivity index (χ4n) is 2.46. The van der Waals surface area contributed by atoms with E-state index in [1.807, 2.05) is 0 Å². The van der Waals surface area contributed by atoms with Crippen LogP contribution in [0.4, 0.5) is 18.9 Å². The molecule has 1 aromatic carbocycles. The number of nitrogens with one attached hydrogen (secondary N) is 1. The summed E-state index contributed by atoms with van der Waals surface area (Å²) in [5.41, 5.74) is 1.30. The molecule has 0 bridgehead atoms. The van der Waals surface area contributed by atoms with Crippen LogP contribution in [0.2, 0.25) is 0 Å². The summed E-state index contributed by atoms with van der Waals surface area (Å²) in [5, 5.41) is 2.99. The molecule has 2 heterocycles. The predicted octanol–water partition coefficient (Wildman–Crippen LogP) is 3.21. The Morgan fingerprint density at radius 2 is 1.82 bits per heavy atom. The summed E-state index contributed by atoms with van der Waals surface area (Å²) in [4.78, 5) is 17.1. The Bertz CT molecular complexity index is 688. The van der Waals surface area contributed by atoms with Gasteiger partial charge in [0.1, 0.15) is 12.7 Å². The van der Waals surface area contributed by atoms with Crippen LogP contribution in [0, 0.1) is 0 Å². The molecule has 1 aliphatic heterocycles. The number of alkyl halides is 3. The third-order valence-corrected chi connectivity index (χ3v) is 3.39. The van der Waals surface area contributed by atoms with E-state index in [9.17, 15) is 18.0 Å². The van der Waals surface area contributed by atoms with Gasteiger partial charge in [-0.15, -0.1) is 0 Å². The summed E-state index contributed by atoms with van der Waals surface area (Å²) in [6.07, 6.45) is -2.40. The van der Waals surface area contributed by atoms with E-state index in [0.29, 0.717) is 11.3 Å². The van der Waals surface area contributed by atoms with Crippen LogP contribution >= 0.6 is 0 Å². The molecule has 4 nitrogen and oxygen atoms in total. The Morgan fingerprint density at radius 1 is 1.14 bits per heavy atom. The van der Waals surface area contributed by atoms with Crippen molar-refractivity contribution in [3.05, 3.63) is 59.9 Å². The largest absolute Gasteiger partial charge is 0.406 e. The van der Waals surface area contributed by atoms with Gasteiger partial charge in [-0.2, -0.15) is 13.2 Å². The minimum atomic E-state index is -4.48. The molecule has 1 aliphatic rings. The molecule has 1 amide bonds. The van der Waals surface area contributed by atoms with Crippen LogP contribution in [-0.2, 0) is 0 Å². The second-order valence-electron chi connectivity index (χ2n) is 4.92. The van der Waals surface area contributed by atoms with Crippen LogP contribution in [-0.4, -0.2) is 28.5 Å². The lowest BCUT2D eigenvalue weighted by Crippen LogP contribution is -2.47. The van der Waals surface area contributed by atoms with Gasteiger partial charge in [-0.3, -0.25) is 9.78 Å². The topological polar surface area (TPSA) is 45.2 Å². The summed E-state index contributed by atoms with van der Waals surface area (Å²) in [6.45, 7) is -1.32. The molecule has 22 heavy (non-hydrogen) atoms. The molecular weight excluding hydrogens is 295 g/mol. The fraction of sp³-hybridized carbons (Fsp3) is 0.200. The highest BCUT2D eigenvalue weighted by Crippen LogP contribution is 2.34. The van der Waals surface area contributed by atoms with Crippen LogP contribution in [0.3, 0.4) is 0 Å². The van der Waals surface area contributed by atoms with Crippen LogP contribution in [0.5, 0.6) is 0 Å². The second kappa shape index (κ2) is 5.32. The molecule has 1 aromatic heterocycles. The van der Waals surface area contributed by atoms with Crippen molar-refractivity contribution >= 4 is 11.6 Å². The number of hydrogen-bond acceptors (Lipinski definition) is 3. The first-order valence-electron chi connectivity index (χ1n) is 6.59. The highest BCUT2D eigenvalue weighted by molar-refractivity contribution is 6.01. The Labute approximate surface area is 124 Å². The van der Waals surface area contributed by atoms with Crippen molar-refractivity contribution in [2.45, 2.75) is 12.3 Å². The molecule has 0 saturated carbocycles. The number of para-hydroxylation sites is 1. The minimum Gasteiger partial charge on any atom is -0.361 e. The Hall–Kier alpha value is -2.57. The molecule has 0 fully saturated rings. The zero-order valence-electron chi connectivity index (χ0n) is 11.3. The Kier molecular flexibility index (Phi) is 3.48. The van der Waals surface area contributed by atoms with Crippen molar-refractivity contribution in [2.75, 3.05) is 11.9 Å². The van der Waals surface area contributed by atoms with Gasteiger partial charge in [-0.05, 0) is 29.8 Å². The number of nitrogens with zero attached hydrogens (tertiary/aromatic N) is 2. The van der Waals surface area contributed by atoms with Crippen LogP contribution in [0.15, 0.2) is 48.8 Å². The Morgan fingerprint density at radius 3 is 2.50 bits per heavy atom. The number of amides is 1. The second-order valence-corrected chi connectivity index (χ2v) is 4.92. The van der Waals surface area contributed by atoms with Gasteiger partial charge >= 0.3 is 6.18 Å². The number of aromatic nitrogens is 1. The minimum absolute atomic E-state index is 0.233. The number of anilines is 1. The first-order chi connectivity index (χ1) is 10.5. The van der Waals surface area contributed by atoms with Gasteiger partial charge in [0, 0.05) is 18.1 Å². The predicted molar refractivity (Wildman–Crippen MR) is 74.1 cm³/mol. The molecule has 0 aliphatic carbocycles.